The summed E-state index contributed by atoms with van der Waals surface area (Å²) in [7, 11) is 0. The van der Waals surface area contributed by atoms with Gasteiger partial charge >= 0.3 is 6.03 Å². The SMILES string of the molecule is CSCC[C@H](NC(N)=O)C(=O)NCC(C)(C)c1cccc(Cl)c1. The maximum atomic E-state index is 12.3. The van der Waals surface area contributed by atoms with Crippen LogP contribution in [0.2, 0.25) is 5.02 Å². The van der Waals surface area contributed by atoms with Crippen LogP contribution in [-0.4, -0.2) is 36.5 Å². The monoisotopic (exact) mass is 357 g/mol. The van der Waals surface area contributed by atoms with E-state index in [1.54, 1.807) is 11.8 Å². The third-order valence-corrected chi connectivity index (χ3v) is 4.43. The first-order valence-electron chi connectivity index (χ1n) is 7.35. The highest BCUT2D eigenvalue weighted by Crippen LogP contribution is 2.24. The number of halogens is 1. The Morgan fingerprint density at radius 3 is 2.65 bits per heavy atom. The molecule has 128 valence electrons. The highest BCUT2D eigenvalue weighted by atomic mass is 35.5. The molecule has 0 aliphatic rings. The van der Waals surface area contributed by atoms with Crippen LogP contribution in [0.25, 0.3) is 0 Å². The summed E-state index contributed by atoms with van der Waals surface area (Å²) >= 11 is 7.64. The van der Waals surface area contributed by atoms with Crippen LogP contribution in [0.3, 0.4) is 0 Å². The van der Waals surface area contributed by atoms with Gasteiger partial charge in [0.15, 0.2) is 0 Å². The highest BCUT2D eigenvalue weighted by molar-refractivity contribution is 7.98. The van der Waals surface area contributed by atoms with Crippen LogP contribution in [0.1, 0.15) is 25.8 Å². The van der Waals surface area contributed by atoms with Gasteiger partial charge in [-0.2, -0.15) is 11.8 Å². The number of rotatable bonds is 8. The number of nitrogens with one attached hydrogen (secondary N) is 2. The molecule has 1 aromatic carbocycles. The number of nitrogens with two attached hydrogens (primary N) is 1. The van der Waals surface area contributed by atoms with E-state index in [-0.39, 0.29) is 11.3 Å². The van der Waals surface area contributed by atoms with Crippen molar-refractivity contribution in [1.29, 1.82) is 0 Å². The fourth-order valence-corrected chi connectivity index (χ4v) is 2.78. The van der Waals surface area contributed by atoms with Crippen LogP contribution in [0.4, 0.5) is 4.79 Å². The number of benzene rings is 1. The van der Waals surface area contributed by atoms with Gasteiger partial charge in [0.25, 0.3) is 0 Å². The minimum atomic E-state index is -0.694. The smallest absolute Gasteiger partial charge is 0.312 e. The van der Waals surface area contributed by atoms with Gasteiger partial charge in [0.1, 0.15) is 6.04 Å². The summed E-state index contributed by atoms with van der Waals surface area (Å²) in [5.41, 5.74) is 5.90. The Hall–Kier alpha value is -1.40. The summed E-state index contributed by atoms with van der Waals surface area (Å²) in [4.78, 5) is 23.4. The molecule has 1 atom stereocenters. The van der Waals surface area contributed by atoms with Crippen LogP contribution in [0.15, 0.2) is 24.3 Å². The van der Waals surface area contributed by atoms with Crippen LogP contribution in [-0.2, 0) is 10.2 Å². The van der Waals surface area contributed by atoms with E-state index in [1.165, 1.54) is 0 Å². The Morgan fingerprint density at radius 2 is 2.09 bits per heavy atom. The maximum absolute atomic E-state index is 12.3. The quantitative estimate of drug-likeness (QED) is 0.668. The average Bonchev–Trinajstić information content (AvgIpc) is 2.48. The van der Waals surface area contributed by atoms with Crippen molar-refractivity contribution in [1.82, 2.24) is 10.6 Å². The van der Waals surface area contributed by atoms with E-state index in [2.05, 4.69) is 10.6 Å². The topological polar surface area (TPSA) is 84.2 Å². The molecule has 0 spiro atoms. The molecule has 3 amide bonds. The second kappa shape index (κ2) is 9.03. The minimum Gasteiger partial charge on any atom is -0.353 e. The summed E-state index contributed by atoms with van der Waals surface area (Å²) in [6.07, 6.45) is 2.48. The molecular weight excluding hydrogens is 334 g/mol. The van der Waals surface area contributed by atoms with Crippen molar-refractivity contribution < 1.29 is 9.59 Å². The van der Waals surface area contributed by atoms with Gasteiger partial charge in [-0.25, -0.2) is 4.79 Å². The van der Waals surface area contributed by atoms with Gasteiger partial charge in [-0.3, -0.25) is 4.79 Å². The fraction of sp³-hybridized carbons (Fsp3) is 0.500. The Kier molecular flexibility index (Phi) is 7.72. The normalized spacial score (nSPS) is 12.5. The molecule has 0 radical (unpaired) electrons. The van der Waals surface area contributed by atoms with E-state index in [4.69, 9.17) is 17.3 Å². The molecule has 0 unspecified atom stereocenters. The third-order valence-electron chi connectivity index (χ3n) is 3.55. The number of thioether (sulfide) groups is 1. The lowest BCUT2D eigenvalue weighted by Gasteiger charge is -2.27. The zero-order valence-electron chi connectivity index (χ0n) is 13.7. The number of primary amides is 1. The molecule has 23 heavy (non-hydrogen) atoms. The van der Waals surface area contributed by atoms with Crippen LogP contribution < -0.4 is 16.4 Å². The van der Waals surface area contributed by atoms with Crippen molar-refractivity contribution >= 4 is 35.3 Å². The Labute approximate surface area is 146 Å². The molecule has 0 heterocycles. The number of amides is 3. The lowest BCUT2D eigenvalue weighted by atomic mass is 9.84. The standard InChI is InChI=1S/C16H24ClN3O2S/c1-16(2,11-5-4-6-12(17)9-11)10-19-14(21)13(7-8-23-3)20-15(18)22/h4-6,9,13H,7-8,10H2,1-3H3,(H,19,21)(H3,18,20,22)/t13-/m0/s1. The molecule has 0 aliphatic carbocycles. The minimum absolute atomic E-state index is 0.229. The molecule has 0 aromatic heterocycles. The number of hydrogen-bond acceptors (Lipinski definition) is 3. The summed E-state index contributed by atoms with van der Waals surface area (Å²) in [5, 5.41) is 6.05. The van der Waals surface area contributed by atoms with Gasteiger partial charge < -0.3 is 16.4 Å². The number of hydrogen-bond donors (Lipinski definition) is 3. The van der Waals surface area contributed by atoms with Gasteiger partial charge in [0.05, 0.1) is 0 Å². The van der Waals surface area contributed by atoms with Crippen molar-refractivity contribution in [3.05, 3.63) is 34.9 Å². The third kappa shape index (κ3) is 6.71. The molecule has 0 bridgehead atoms. The first-order valence-corrected chi connectivity index (χ1v) is 9.12. The number of urea groups is 1. The molecule has 0 fully saturated rings. The lowest BCUT2D eigenvalue weighted by Crippen LogP contribution is -2.50. The first-order chi connectivity index (χ1) is 10.8. The van der Waals surface area contributed by atoms with E-state index < -0.39 is 12.1 Å². The molecule has 1 rings (SSSR count). The van der Waals surface area contributed by atoms with Crippen molar-refractivity contribution in [3.63, 3.8) is 0 Å². The van der Waals surface area contributed by atoms with E-state index >= 15 is 0 Å². The predicted octanol–water partition coefficient (Wildman–Crippen LogP) is 2.52. The van der Waals surface area contributed by atoms with Gasteiger partial charge in [-0.1, -0.05) is 37.6 Å². The Morgan fingerprint density at radius 1 is 1.39 bits per heavy atom. The van der Waals surface area contributed by atoms with E-state index in [9.17, 15) is 9.59 Å². The van der Waals surface area contributed by atoms with Gasteiger partial charge in [-0.15, -0.1) is 0 Å². The molecule has 4 N–H and O–H groups in total. The van der Waals surface area contributed by atoms with Crippen molar-refractivity contribution in [2.24, 2.45) is 5.73 Å². The molecule has 5 nitrogen and oxygen atoms in total. The average molecular weight is 358 g/mol. The van der Waals surface area contributed by atoms with Crippen molar-refractivity contribution in [2.75, 3.05) is 18.6 Å². The lowest BCUT2D eigenvalue weighted by molar-refractivity contribution is -0.123. The molecule has 1 aromatic rings. The fourth-order valence-electron chi connectivity index (χ4n) is 2.12. The van der Waals surface area contributed by atoms with E-state index in [0.717, 1.165) is 11.3 Å². The predicted molar refractivity (Wildman–Crippen MR) is 97.0 cm³/mol. The molecule has 0 saturated heterocycles. The van der Waals surface area contributed by atoms with Crippen molar-refractivity contribution in [2.45, 2.75) is 31.7 Å². The Bertz CT molecular complexity index is 552. The van der Waals surface area contributed by atoms with Crippen LogP contribution in [0.5, 0.6) is 0 Å². The maximum Gasteiger partial charge on any atom is 0.312 e. The number of carbonyl (C=O) groups excluding carboxylic acids is 2. The highest BCUT2D eigenvalue weighted by Gasteiger charge is 2.25. The second-order valence-electron chi connectivity index (χ2n) is 5.95. The zero-order chi connectivity index (χ0) is 17.5. The largest absolute Gasteiger partial charge is 0.353 e. The molecular formula is C16H24ClN3O2S. The molecule has 7 heteroatoms. The number of carbonyl (C=O) groups is 2. The van der Waals surface area contributed by atoms with Crippen LogP contribution >= 0.6 is 23.4 Å². The molecule has 0 saturated carbocycles. The van der Waals surface area contributed by atoms with Gasteiger partial charge in [0.2, 0.25) is 5.91 Å². The van der Waals surface area contributed by atoms with Crippen molar-refractivity contribution in [3.8, 4) is 0 Å². The van der Waals surface area contributed by atoms with Gasteiger partial charge in [-0.05, 0) is 36.1 Å². The summed E-state index contributed by atoms with van der Waals surface area (Å²) in [6.45, 7) is 4.48. The van der Waals surface area contributed by atoms with E-state index in [0.29, 0.717) is 18.0 Å². The Balaban J connectivity index is 2.69. The molecule has 0 aliphatic heterocycles. The van der Waals surface area contributed by atoms with Crippen LogP contribution in [0, 0.1) is 0 Å². The second-order valence-corrected chi connectivity index (χ2v) is 7.38. The van der Waals surface area contributed by atoms with Gasteiger partial charge in [0, 0.05) is 17.0 Å². The zero-order valence-corrected chi connectivity index (χ0v) is 15.3. The summed E-state index contributed by atoms with van der Waals surface area (Å²) in [5.74, 6) is 0.531. The first kappa shape index (κ1) is 19.6. The summed E-state index contributed by atoms with van der Waals surface area (Å²) < 4.78 is 0. The van der Waals surface area contributed by atoms with E-state index in [1.807, 2.05) is 44.4 Å². The summed E-state index contributed by atoms with van der Waals surface area (Å²) in [6, 6.07) is 6.26.